The Hall–Kier alpha value is -1.96. The Morgan fingerprint density at radius 1 is 1.24 bits per heavy atom. The lowest BCUT2D eigenvalue weighted by Crippen LogP contribution is -2.11. The Labute approximate surface area is 120 Å². The van der Waals surface area contributed by atoms with Crippen LogP contribution in [0.25, 0.3) is 0 Å². The molecule has 0 saturated heterocycles. The summed E-state index contributed by atoms with van der Waals surface area (Å²) in [6.07, 6.45) is 1.59. The van der Waals surface area contributed by atoms with Gasteiger partial charge in [-0.25, -0.2) is 13.4 Å². The maximum absolute atomic E-state index is 12.4. The van der Waals surface area contributed by atoms with E-state index in [9.17, 15) is 17.2 Å². The number of aromatic nitrogens is 1. The van der Waals surface area contributed by atoms with Gasteiger partial charge in [-0.1, -0.05) is 0 Å². The molecule has 0 amide bonds. The molecule has 0 bridgehead atoms. The molecule has 0 radical (unpaired) electrons. The average Bonchev–Trinajstić information content (AvgIpc) is 2.86. The van der Waals surface area contributed by atoms with Crippen molar-refractivity contribution in [2.45, 2.75) is 30.5 Å². The fraction of sp³-hybridized carbons (Fsp3) is 0.308. The fourth-order valence-electron chi connectivity index (χ4n) is 1.73. The summed E-state index contributed by atoms with van der Waals surface area (Å²) in [5.74, 6) is -2.26. The van der Waals surface area contributed by atoms with Crippen LogP contribution in [0.5, 0.6) is 0 Å². The minimum absolute atomic E-state index is 0.240. The Morgan fingerprint density at radius 2 is 1.86 bits per heavy atom. The van der Waals surface area contributed by atoms with Crippen LogP contribution in [0.2, 0.25) is 0 Å². The highest BCUT2D eigenvalue weighted by molar-refractivity contribution is 7.91. The number of anilines is 1. The van der Waals surface area contributed by atoms with Crippen molar-refractivity contribution < 1.29 is 21.6 Å². The third kappa shape index (κ3) is 3.38. The van der Waals surface area contributed by atoms with E-state index in [2.05, 4.69) is 10.3 Å². The maximum Gasteiger partial charge on any atom is 0.341 e. The van der Waals surface area contributed by atoms with E-state index < -0.39 is 20.5 Å². The van der Waals surface area contributed by atoms with Crippen LogP contribution in [0.4, 0.5) is 14.5 Å². The van der Waals surface area contributed by atoms with Crippen molar-refractivity contribution in [3.8, 4) is 0 Å². The van der Waals surface area contributed by atoms with Gasteiger partial charge in [0, 0.05) is 5.69 Å². The maximum atomic E-state index is 12.4. The van der Waals surface area contributed by atoms with Gasteiger partial charge in [-0.2, -0.15) is 8.78 Å². The van der Waals surface area contributed by atoms with Crippen molar-refractivity contribution in [2.24, 2.45) is 0 Å². The molecule has 1 heterocycles. The summed E-state index contributed by atoms with van der Waals surface area (Å²) in [7, 11) is -4.56. The van der Waals surface area contributed by atoms with Crippen molar-refractivity contribution in [3.05, 3.63) is 42.1 Å². The number of hydrogen-bond donors (Lipinski definition) is 1. The van der Waals surface area contributed by atoms with Gasteiger partial charge >= 0.3 is 5.76 Å². The average molecular weight is 316 g/mol. The van der Waals surface area contributed by atoms with Gasteiger partial charge in [0.2, 0.25) is 15.7 Å². The molecule has 1 aromatic heterocycles. The first-order valence-corrected chi connectivity index (χ1v) is 7.66. The van der Waals surface area contributed by atoms with E-state index in [1.807, 2.05) is 6.92 Å². The number of rotatable bonds is 5. The highest BCUT2D eigenvalue weighted by Gasteiger charge is 2.26. The molecule has 2 rings (SSSR count). The number of nitrogens with one attached hydrogen (secondary N) is 1. The number of halogens is 2. The first kappa shape index (κ1) is 15.4. The van der Waals surface area contributed by atoms with Gasteiger partial charge in [-0.05, 0) is 38.1 Å². The SMILES string of the molecule is Cc1cnc(C(C)Nc2ccc(S(=O)(=O)C(F)F)cc2)o1. The van der Waals surface area contributed by atoms with Crippen LogP contribution in [0.15, 0.2) is 39.8 Å². The lowest BCUT2D eigenvalue weighted by Gasteiger charge is -2.12. The van der Waals surface area contributed by atoms with Crippen LogP contribution in [-0.2, 0) is 9.84 Å². The molecule has 0 saturated carbocycles. The molecule has 1 aromatic carbocycles. The number of hydrogen-bond acceptors (Lipinski definition) is 5. The topological polar surface area (TPSA) is 72.2 Å². The van der Waals surface area contributed by atoms with E-state index in [1.54, 1.807) is 13.1 Å². The molecule has 1 atom stereocenters. The van der Waals surface area contributed by atoms with Crippen LogP contribution < -0.4 is 5.32 Å². The summed E-state index contributed by atoms with van der Waals surface area (Å²) in [6.45, 7) is 3.59. The summed E-state index contributed by atoms with van der Waals surface area (Å²) in [5.41, 5.74) is 0.576. The second kappa shape index (κ2) is 5.80. The van der Waals surface area contributed by atoms with E-state index in [0.29, 0.717) is 17.3 Å². The van der Waals surface area contributed by atoms with Gasteiger partial charge in [-0.3, -0.25) is 0 Å². The number of alkyl halides is 2. The molecular weight excluding hydrogens is 302 g/mol. The van der Waals surface area contributed by atoms with Crippen LogP contribution in [-0.4, -0.2) is 19.2 Å². The molecular formula is C13H14F2N2O3S. The van der Waals surface area contributed by atoms with Crippen molar-refractivity contribution in [2.75, 3.05) is 5.32 Å². The van der Waals surface area contributed by atoms with Crippen molar-refractivity contribution in [3.63, 3.8) is 0 Å². The van der Waals surface area contributed by atoms with Gasteiger partial charge in [0.25, 0.3) is 0 Å². The Kier molecular flexibility index (Phi) is 4.26. The zero-order valence-electron chi connectivity index (χ0n) is 11.4. The smallest absolute Gasteiger partial charge is 0.341 e. The third-order valence-electron chi connectivity index (χ3n) is 2.81. The normalized spacial score (nSPS) is 13.4. The van der Waals surface area contributed by atoms with Crippen LogP contribution >= 0.6 is 0 Å². The molecule has 1 unspecified atom stereocenters. The second-order valence-corrected chi connectivity index (χ2v) is 6.42. The molecule has 8 heteroatoms. The standard InChI is InChI=1S/C13H14F2N2O3S/c1-8-7-16-12(20-8)9(2)17-10-3-5-11(6-4-10)21(18,19)13(14)15/h3-7,9,13,17H,1-2H3. The molecule has 5 nitrogen and oxygen atoms in total. The van der Waals surface area contributed by atoms with Gasteiger partial charge in [0.15, 0.2) is 0 Å². The Morgan fingerprint density at radius 3 is 2.33 bits per heavy atom. The number of oxazole rings is 1. The zero-order chi connectivity index (χ0) is 15.6. The minimum atomic E-state index is -4.56. The first-order chi connectivity index (χ1) is 9.80. The molecule has 0 fully saturated rings. The molecule has 1 N–H and O–H groups in total. The lowest BCUT2D eigenvalue weighted by atomic mass is 10.2. The van der Waals surface area contributed by atoms with Gasteiger partial charge < -0.3 is 9.73 Å². The van der Waals surface area contributed by atoms with Crippen LogP contribution in [0, 0.1) is 6.92 Å². The zero-order valence-corrected chi connectivity index (χ0v) is 12.2. The second-order valence-electron chi connectivity index (χ2n) is 4.51. The third-order valence-corrected chi connectivity index (χ3v) is 4.21. The fourth-order valence-corrected chi connectivity index (χ4v) is 2.45. The number of nitrogens with zero attached hydrogens (tertiary/aromatic N) is 1. The molecule has 0 aliphatic heterocycles. The van der Waals surface area contributed by atoms with Gasteiger partial charge in [-0.15, -0.1) is 0 Å². The van der Waals surface area contributed by atoms with Gasteiger partial charge in [0.1, 0.15) is 11.8 Å². The highest BCUT2D eigenvalue weighted by atomic mass is 32.2. The molecule has 114 valence electrons. The van der Waals surface area contributed by atoms with E-state index in [-0.39, 0.29) is 6.04 Å². The van der Waals surface area contributed by atoms with Crippen molar-refractivity contribution >= 4 is 15.5 Å². The van der Waals surface area contributed by atoms with Crippen LogP contribution in [0.1, 0.15) is 24.6 Å². The molecule has 2 aromatic rings. The molecule has 0 aliphatic carbocycles. The largest absolute Gasteiger partial charge is 0.444 e. The van der Waals surface area contributed by atoms with Gasteiger partial charge in [0.05, 0.1) is 11.1 Å². The van der Waals surface area contributed by atoms with Crippen molar-refractivity contribution in [1.82, 2.24) is 4.98 Å². The van der Waals surface area contributed by atoms with Crippen LogP contribution in [0.3, 0.4) is 0 Å². The van der Waals surface area contributed by atoms with E-state index in [0.717, 1.165) is 12.1 Å². The molecule has 0 spiro atoms. The monoisotopic (exact) mass is 316 g/mol. The van der Waals surface area contributed by atoms with E-state index in [4.69, 9.17) is 4.42 Å². The number of aryl methyl sites for hydroxylation is 1. The summed E-state index contributed by atoms with van der Waals surface area (Å²) >= 11 is 0. The predicted octanol–water partition coefficient (Wildman–Crippen LogP) is 3.15. The first-order valence-electron chi connectivity index (χ1n) is 6.11. The number of benzene rings is 1. The quantitative estimate of drug-likeness (QED) is 0.917. The summed E-state index contributed by atoms with van der Waals surface area (Å²) in [4.78, 5) is 3.65. The number of sulfone groups is 1. The predicted molar refractivity (Wildman–Crippen MR) is 72.9 cm³/mol. The van der Waals surface area contributed by atoms with E-state index >= 15 is 0 Å². The molecule has 21 heavy (non-hydrogen) atoms. The Bertz CT molecular complexity index is 711. The summed E-state index contributed by atoms with van der Waals surface area (Å²) in [5, 5.41) is 3.04. The lowest BCUT2D eigenvalue weighted by molar-refractivity contribution is 0.234. The van der Waals surface area contributed by atoms with Crippen molar-refractivity contribution in [1.29, 1.82) is 0 Å². The summed E-state index contributed by atoms with van der Waals surface area (Å²) < 4.78 is 52.8. The van der Waals surface area contributed by atoms with E-state index in [1.165, 1.54) is 12.1 Å². The molecule has 0 aliphatic rings. The Balaban J connectivity index is 2.13. The minimum Gasteiger partial charge on any atom is -0.444 e. The summed E-state index contributed by atoms with van der Waals surface area (Å²) in [6, 6.07) is 4.87. The highest BCUT2D eigenvalue weighted by Crippen LogP contribution is 2.23.